The molecule has 0 aliphatic carbocycles. The van der Waals surface area contributed by atoms with Crippen LogP contribution in [0.15, 0.2) is 30.3 Å². The highest BCUT2D eigenvalue weighted by molar-refractivity contribution is 7.90. The van der Waals surface area contributed by atoms with Gasteiger partial charge in [-0.25, -0.2) is 13.4 Å². The van der Waals surface area contributed by atoms with E-state index in [1.165, 1.54) is 11.3 Å². The first-order valence-corrected chi connectivity index (χ1v) is 8.98. The largest absolute Gasteiger partial charge is 0.396 e. The van der Waals surface area contributed by atoms with E-state index in [4.69, 9.17) is 5.11 Å². The monoisotopic (exact) mass is 311 g/mol. The zero-order valence-electron chi connectivity index (χ0n) is 11.2. The fraction of sp³-hybridized carbons (Fsp3) is 0.357. The predicted octanol–water partition coefficient (Wildman–Crippen LogP) is 2.42. The lowest BCUT2D eigenvalue weighted by Gasteiger charge is -2.01. The molecule has 108 valence electrons. The summed E-state index contributed by atoms with van der Waals surface area (Å²) in [5.74, 6) is 0.0187. The number of benzene rings is 1. The number of hydrogen-bond acceptors (Lipinski definition) is 5. The lowest BCUT2D eigenvalue weighted by molar-refractivity contribution is 0.295. The second-order valence-corrected chi connectivity index (χ2v) is 7.83. The van der Waals surface area contributed by atoms with Crippen LogP contribution in [0.25, 0.3) is 10.6 Å². The Balaban J connectivity index is 2.21. The number of rotatable bonds is 6. The third kappa shape index (κ3) is 3.88. The molecule has 1 aromatic carbocycles. The van der Waals surface area contributed by atoms with Gasteiger partial charge in [0, 0.05) is 17.0 Å². The SMILES string of the molecule is Cc1nc(-c2ccccc2)sc1CS(=O)(=O)CCCO. The predicted molar refractivity (Wildman–Crippen MR) is 81.5 cm³/mol. The van der Waals surface area contributed by atoms with Crippen LogP contribution in [0.2, 0.25) is 0 Å². The van der Waals surface area contributed by atoms with E-state index in [9.17, 15) is 8.42 Å². The molecule has 1 N–H and O–H groups in total. The second-order valence-electron chi connectivity index (χ2n) is 4.56. The zero-order chi connectivity index (χ0) is 14.6. The van der Waals surface area contributed by atoms with E-state index in [2.05, 4.69) is 4.98 Å². The number of aliphatic hydroxyl groups excluding tert-OH is 1. The molecule has 0 fully saturated rings. The van der Waals surface area contributed by atoms with E-state index in [0.717, 1.165) is 21.1 Å². The Kier molecular flexibility index (Phi) is 4.91. The van der Waals surface area contributed by atoms with Crippen LogP contribution >= 0.6 is 11.3 Å². The molecule has 6 heteroatoms. The second kappa shape index (κ2) is 6.47. The van der Waals surface area contributed by atoms with Crippen molar-refractivity contribution in [1.82, 2.24) is 4.98 Å². The van der Waals surface area contributed by atoms with Crippen LogP contribution in [-0.4, -0.2) is 30.9 Å². The number of aryl methyl sites for hydroxylation is 1. The Morgan fingerprint density at radius 1 is 1.25 bits per heavy atom. The van der Waals surface area contributed by atoms with Crippen LogP contribution in [0.3, 0.4) is 0 Å². The number of thiazole rings is 1. The summed E-state index contributed by atoms with van der Waals surface area (Å²) in [6.07, 6.45) is 0.283. The summed E-state index contributed by atoms with van der Waals surface area (Å²) < 4.78 is 23.8. The van der Waals surface area contributed by atoms with Gasteiger partial charge >= 0.3 is 0 Å². The molecular formula is C14H17NO3S2. The molecule has 0 aliphatic rings. The van der Waals surface area contributed by atoms with Crippen molar-refractivity contribution in [2.75, 3.05) is 12.4 Å². The summed E-state index contributed by atoms with van der Waals surface area (Å²) in [7, 11) is -3.18. The molecule has 0 saturated carbocycles. The van der Waals surface area contributed by atoms with Crippen molar-refractivity contribution in [3.8, 4) is 10.6 Å². The summed E-state index contributed by atoms with van der Waals surface area (Å²) >= 11 is 1.42. The highest BCUT2D eigenvalue weighted by Gasteiger charge is 2.17. The average molecular weight is 311 g/mol. The minimum absolute atomic E-state index is 0.00331. The molecule has 0 saturated heterocycles. The summed E-state index contributed by atoms with van der Waals surface area (Å²) in [5.41, 5.74) is 1.76. The maximum absolute atomic E-state index is 11.9. The number of aliphatic hydroxyl groups is 1. The van der Waals surface area contributed by atoms with Gasteiger partial charge < -0.3 is 5.11 Å². The Hall–Kier alpha value is -1.24. The van der Waals surface area contributed by atoms with Crippen LogP contribution in [0.5, 0.6) is 0 Å². The molecule has 0 atom stereocenters. The van der Waals surface area contributed by atoms with E-state index < -0.39 is 9.84 Å². The third-order valence-electron chi connectivity index (χ3n) is 2.88. The molecule has 2 aromatic rings. The molecule has 0 radical (unpaired) electrons. The van der Waals surface area contributed by atoms with Gasteiger partial charge in [-0.2, -0.15) is 0 Å². The Morgan fingerprint density at radius 2 is 1.95 bits per heavy atom. The van der Waals surface area contributed by atoms with Crippen molar-refractivity contribution in [3.05, 3.63) is 40.9 Å². The van der Waals surface area contributed by atoms with Gasteiger partial charge in [0.25, 0.3) is 0 Å². The molecular weight excluding hydrogens is 294 g/mol. The van der Waals surface area contributed by atoms with Gasteiger partial charge in [-0.15, -0.1) is 11.3 Å². The van der Waals surface area contributed by atoms with Gasteiger partial charge in [0.05, 0.1) is 17.2 Å². The smallest absolute Gasteiger partial charge is 0.155 e. The molecule has 2 rings (SSSR count). The van der Waals surface area contributed by atoms with Crippen molar-refractivity contribution in [3.63, 3.8) is 0 Å². The average Bonchev–Trinajstić information content (AvgIpc) is 2.78. The van der Waals surface area contributed by atoms with E-state index in [1.807, 2.05) is 37.3 Å². The highest BCUT2D eigenvalue weighted by Crippen LogP contribution is 2.29. The quantitative estimate of drug-likeness (QED) is 0.889. The number of nitrogens with zero attached hydrogens (tertiary/aromatic N) is 1. The fourth-order valence-corrected chi connectivity index (χ4v) is 4.78. The normalized spacial score (nSPS) is 11.7. The van der Waals surface area contributed by atoms with Crippen LogP contribution in [-0.2, 0) is 15.6 Å². The van der Waals surface area contributed by atoms with Crippen molar-refractivity contribution in [1.29, 1.82) is 0 Å². The van der Waals surface area contributed by atoms with E-state index >= 15 is 0 Å². The Labute approximate surface area is 123 Å². The standard InChI is InChI=1S/C14H17NO3S2/c1-11-13(10-20(17,18)9-5-8-16)19-14(15-11)12-6-3-2-4-7-12/h2-4,6-7,16H,5,8-10H2,1H3. The van der Waals surface area contributed by atoms with Crippen LogP contribution in [0.4, 0.5) is 0 Å². The maximum Gasteiger partial charge on any atom is 0.155 e. The molecule has 0 unspecified atom stereocenters. The first-order valence-electron chi connectivity index (χ1n) is 6.35. The van der Waals surface area contributed by atoms with Crippen molar-refractivity contribution in [2.45, 2.75) is 19.1 Å². The number of sulfone groups is 1. The van der Waals surface area contributed by atoms with Gasteiger partial charge in [0.1, 0.15) is 5.01 Å². The zero-order valence-corrected chi connectivity index (χ0v) is 12.9. The minimum atomic E-state index is -3.18. The van der Waals surface area contributed by atoms with Gasteiger partial charge in [-0.05, 0) is 13.3 Å². The molecule has 4 nitrogen and oxygen atoms in total. The highest BCUT2D eigenvalue weighted by atomic mass is 32.2. The molecule has 0 amide bonds. The van der Waals surface area contributed by atoms with Crippen molar-refractivity contribution < 1.29 is 13.5 Å². The molecule has 1 aromatic heterocycles. The first-order chi connectivity index (χ1) is 9.52. The van der Waals surface area contributed by atoms with Crippen LogP contribution in [0.1, 0.15) is 17.0 Å². The minimum Gasteiger partial charge on any atom is -0.396 e. The Morgan fingerprint density at radius 3 is 2.60 bits per heavy atom. The number of hydrogen-bond donors (Lipinski definition) is 1. The van der Waals surface area contributed by atoms with Crippen LogP contribution < -0.4 is 0 Å². The van der Waals surface area contributed by atoms with Gasteiger partial charge in [-0.3, -0.25) is 0 Å². The van der Waals surface area contributed by atoms with E-state index in [-0.39, 0.29) is 24.5 Å². The summed E-state index contributed by atoms with van der Waals surface area (Å²) in [4.78, 5) is 5.23. The maximum atomic E-state index is 11.9. The molecule has 20 heavy (non-hydrogen) atoms. The summed E-state index contributed by atoms with van der Waals surface area (Å²) in [6, 6.07) is 9.72. The fourth-order valence-electron chi connectivity index (χ4n) is 1.82. The third-order valence-corrected chi connectivity index (χ3v) is 5.91. The molecule has 1 heterocycles. The van der Waals surface area contributed by atoms with Crippen molar-refractivity contribution in [2.24, 2.45) is 0 Å². The van der Waals surface area contributed by atoms with Crippen LogP contribution in [0, 0.1) is 6.92 Å². The first kappa shape index (κ1) is 15.2. The van der Waals surface area contributed by atoms with E-state index in [0.29, 0.717) is 0 Å². The number of aromatic nitrogens is 1. The molecule has 0 spiro atoms. The van der Waals surface area contributed by atoms with Gasteiger partial charge in [-0.1, -0.05) is 30.3 Å². The molecule has 0 aliphatic heterocycles. The lowest BCUT2D eigenvalue weighted by Crippen LogP contribution is -2.10. The van der Waals surface area contributed by atoms with Gasteiger partial charge in [0.2, 0.25) is 0 Å². The summed E-state index contributed by atoms with van der Waals surface area (Å²) in [6.45, 7) is 1.73. The van der Waals surface area contributed by atoms with Gasteiger partial charge in [0.15, 0.2) is 9.84 Å². The topological polar surface area (TPSA) is 67.3 Å². The lowest BCUT2D eigenvalue weighted by atomic mass is 10.2. The summed E-state index contributed by atoms with van der Waals surface area (Å²) in [5, 5.41) is 9.57. The molecule has 0 bridgehead atoms. The van der Waals surface area contributed by atoms with E-state index in [1.54, 1.807) is 0 Å². The van der Waals surface area contributed by atoms with Crippen molar-refractivity contribution >= 4 is 21.2 Å². The Bertz CT molecular complexity index is 663.